The predicted molar refractivity (Wildman–Crippen MR) is 283 cm³/mol. The third-order valence-electron chi connectivity index (χ3n) is 13.4. The molecular formula is C59H113NO5. The van der Waals surface area contributed by atoms with Gasteiger partial charge < -0.3 is 19.5 Å². The Balaban J connectivity index is 4.37. The molecule has 6 nitrogen and oxygen atoms in total. The lowest BCUT2D eigenvalue weighted by Crippen LogP contribution is -2.27. The molecule has 0 amide bonds. The SMILES string of the molecule is CCCCCCCCCC/C(=C\C(=O)OCCCCCCCN(CCCO)CCCCCCCOC(=O)/C=C(/CCCCCCCC)CCCCCCCCCC)CCCCCCCC. The second kappa shape index (κ2) is 53.3. The van der Waals surface area contributed by atoms with Crippen molar-refractivity contribution in [3.05, 3.63) is 23.3 Å². The van der Waals surface area contributed by atoms with Crippen LogP contribution in [0.5, 0.6) is 0 Å². The Morgan fingerprint density at radius 1 is 0.338 bits per heavy atom. The van der Waals surface area contributed by atoms with Crippen molar-refractivity contribution in [2.45, 2.75) is 304 Å². The van der Waals surface area contributed by atoms with Gasteiger partial charge in [0.15, 0.2) is 0 Å². The average Bonchev–Trinajstić information content (AvgIpc) is 3.30. The van der Waals surface area contributed by atoms with Gasteiger partial charge in [0.05, 0.1) is 13.2 Å². The van der Waals surface area contributed by atoms with Crippen molar-refractivity contribution in [1.29, 1.82) is 0 Å². The van der Waals surface area contributed by atoms with Gasteiger partial charge in [-0.2, -0.15) is 0 Å². The standard InChI is InChI=1S/C59H113NO5/c1-5-9-13-17-21-23-29-37-46-56(44-35-27-19-15-11-7-3)54-58(62)64-52-41-33-25-31-39-48-60(50-43-51-61)49-40-32-26-34-42-53-65-59(63)55-57(45-36-28-20-16-12-8-4)47-38-30-24-22-18-14-10-6-2/h54-55,61H,5-53H2,1-4H3/b56-54-,57-55-. The van der Waals surface area contributed by atoms with Crippen LogP contribution in [0.3, 0.4) is 0 Å². The van der Waals surface area contributed by atoms with Crippen molar-refractivity contribution in [3.8, 4) is 0 Å². The summed E-state index contributed by atoms with van der Waals surface area (Å²) >= 11 is 0. The molecule has 384 valence electrons. The van der Waals surface area contributed by atoms with E-state index in [-0.39, 0.29) is 18.5 Å². The average molecular weight is 917 g/mol. The molecule has 0 aromatic carbocycles. The highest BCUT2D eigenvalue weighted by molar-refractivity contribution is 5.83. The fourth-order valence-corrected chi connectivity index (χ4v) is 9.10. The molecule has 0 saturated heterocycles. The number of esters is 2. The van der Waals surface area contributed by atoms with Gasteiger partial charge in [-0.25, -0.2) is 9.59 Å². The lowest BCUT2D eigenvalue weighted by molar-refractivity contribution is -0.138. The van der Waals surface area contributed by atoms with Crippen LogP contribution in [0.1, 0.15) is 304 Å². The molecule has 0 heterocycles. The molecule has 0 unspecified atom stereocenters. The summed E-state index contributed by atoms with van der Waals surface area (Å²) in [7, 11) is 0. The third kappa shape index (κ3) is 48.6. The van der Waals surface area contributed by atoms with Crippen LogP contribution >= 0.6 is 0 Å². The van der Waals surface area contributed by atoms with E-state index < -0.39 is 0 Å². The normalized spacial score (nSPS) is 12.2. The lowest BCUT2D eigenvalue weighted by Gasteiger charge is -2.22. The van der Waals surface area contributed by atoms with E-state index >= 15 is 0 Å². The molecule has 1 N–H and O–H groups in total. The van der Waals surface area contributed by atoms with Crippen molar-refractivity contribution < 1.29 is 24.2 Å². The van der Waals surface area contributed by atoms with E-state index in [2.05, 4.69) is 32.6 Å². The van der Waals surface area contributed by atoms with E-state index in [0.29, 0.717) is 13.2 Å². The van der Waals surface area contributed by atoms with Crippen LogP contribution in [-0.2, 0) is 19.1 Å². The molecule has 0 bridgehead atoms. The van der Waals surface area contributed by atoms with Crippen molar-refractivity contribution in [2.24, 2.45) is 0 Å². The summed E-state index contributed by atoms with van der Waals surface area (Å²) in [5.74, 6) is -0.263. The van der Waals surface area contributed by atoms with Gasteiger partial charge in [-0.3, -0.25) is 0 Å². The first-order chi connectivity index (χ1) is 32.0. The molecule has 0 rings (SSSR count). The van der Waals surface area contributed by atoms with Gasteiger partial charge in [0.25, 0.3) is 0 Å². The van der Waals surface area contributed by atoms with Crippen LogP contribution in [0.25, 0.3) is 0 Å². The van der Waals surface area contributed by atoms with E-state index in [9.17, 15) is 14.7 Å². The minimum absolute atomic E-state index is 0.131. The first-order valence-corrected chi connectivity index (χ1v) is 29.1. The van der Waals surface area contributed by atoms with Crippen LogP contribution in [-0.4, -0.2) is 61.4 Å². The Labute approximate surface area is 406 Å². The third-order valence-corrected chi connectivity index (χ3v) is 13.4. The zero-order valence-corrected chi connectivity index (χ0v) is 44.3. The summed E-state index contributed by atoms with van der Waals surface area (Å²) in [6.07, 6.45) is 56.3. The van der Waals surface area contributed by atoms with Gasteiger partial charge in [0, 0.05) is 25.3 Å². The second-order valence-corrected chi connectivity index (χ2v) is 19.9. The highest BCUT2D eigenvalue weighted by atomic mass is 16.5. The highest BCUT2D eigenvalue weighted by Crippen LogP contribution is 2.21. The number of carbonyl (C=O) groups is 2. The van der Waals surface area contributed by atoms with Crippen LogP contribution in [0.2, 0.25) is 0 Å². The number of rotatable bonds is 53. The van der Waals surface area contributed by atoms with E-state index in [0.717, 1.165) is 77.4 Å². The van der Waals surface area contributed by atoms with Crippen molar-refractivity contribution in [2.75, 3.05) is 39.5 Å². The number of allylic oxidation sites excluding steroid dienone is 2. The van der Waals surface area contributed by atoms with Crippen LogP contribution in [0.15, 0.2) is 23.3 Å². The fraction of sp³-hybridized carbons (Fsp3) is 0.898. The monoisotopic (exact) mass is 916 g/mol. The molecule has 0 radical (unpaired) electrons. The molecule has 0 aromatic rings. The summed E-state index contributed by atoms with van der Waals surface area (Å²) in [4.78, 5) is 28.1. The fourth-order valence-electron chi connectivity index (χ4n) is 9.10. The van der Waals surface area contributed by atoms with E-state index in [1.807, 2.05) is 12.2 Å². The first kappa shape index (κ1) is 63.3. The van der Waals surface area contributed by atoms with Crippen LogP contribution in [0, 0.1) is 0 Å². The van der Waals surface area contributed by atoms with Crippen molar-refractivity contribution in [3.63, 3.8) is 0 Å². The number of aliphatic hydroxyl groups excluding tert-OH is 1. The van der Waals surface area contributed by atoms with Gasteiger partial charge in [0.1, 0.15) is 0 Å². The molecule has 0 aliphatic rings. The number of carbonyl (C=O) groups excluding carboxylic acids is 2. The topological polar surface area (TPSA) is 76.1 Å². The number of aliphatic hydroxyl groups is 1. The van der Waals surface area contributed by atoms with Gasteiger partial charge >= 0.3 is 11.9 Å². The molecule has 6 heteroatoms. The van der Waals surface area contributed by atoms with E-state index in [1.54, 1.807) is 0 Å². The zero-order valence-electron chi connectivity index (χ0n) is 44.3. The molecule has 0 fully saturated rings. The molecule has 0 aliphatic heterocycles. The summed E-state index contributed by atoms with van der Waals surface area (Å²) in [6.45, 7) is 13.5. The van der Waals surface area contributed by atoms with Gasteiger partial charge in [-0.1, -0.05) is 231 Å². The van der Waals surface area contributed by atoms with E-state index in [4.69, 9.17) is 9.47 Å². The van der Waals surface area contributed by atoms with Crippen LogP contribution in [0.4, 0.5) is 0 Å². The first-order valence-electron chi connectivity index (χ1n) is 29.1. The van der Waals surface area contributed by atoms with Gasteiger partial charge in [-0.05, 0) is 96.6 Å². The second-order valence-electron chi connectivity index (χ2n) is 19.9. The minimum Gasteiger partial charge on any atom is -0.463 e. The molecule has 0 spiro atoms. The summed E-state index contributed by atoms with van der Waals surface area (Å²) < 4.78 is 11.4. The molecule has 0 aromatic heterocycles. The molecule has 0 aliphatic carbocycles. The summed E-state index contributed by atoms with van der Waals surface area (Å²) in [5, 5.41) is 9.49. The van der Waals surface area contributed by atoms with E-state index in [1.165, 1.54) is 229 Å². The Morgan fingerprint density at radius 3 is 0.877 bits per heavy atom. The Morgan fingerprint density at radius 2 is 0.585 bits per heavy atom. The largest absolute Gasteiger partial charge is 0.463 e. The number of hydrogen-bond donors (Lipinski definition) is 1. The molecule has 65 heavy (non-hydrogen) atoms. The maximum absolute atomic E-state index is 12.8. The lowest BCUT2D eigenvalue weighted by atomic mass is 9.99. The predicted octanol–water partition coefficient (Wildman–Crippen LogP) is 18.1. The van der Waals surface area contributed by atoms with Crippen LogP contribution < -0.4 is 0 Å². The maximum atomic E-state index is 12.8. The molecular weight excluding hydrogens is 803 g/mol. The molecule has 0 atom stereocenters. The smallest absolute Gasteiger partial charge is 0.330 e. The number of unbranched alkanes of at least 4 members (excludes halogenated alkanes) is 32. The Bertz CT molecular complexity index is 977. The summed E-state index contributed by atoms with van der Waals surface area (Å²) in [5.41, 5.74) is 2.61. The highest BCUT2D eigenvalue weighted by Gasteiger charge is 2.09. The Hall–Kier alpha value is -1.66. The van der Waals surface area contributed by atoms with Gasteiger partial charge in [-0.15, -0.1) is 0 Å². The number of ether oxygens (including phenoxy) is 2. The maximum Gasteiger partial charge on any atom is 0.330 e. The minimum atomic E-state index is -0.131. The number of nitrogens with zero attached hydrogens (tertiary/aromatic N) is 1. The van der Waals surface area contributed by atoms with Crippen molar-refractivity contribution >= 4 is 11.9 Å². The quantitative estimate of drug-likeness (QED) is 0.0372. The zero-order chi connectivity index (χ0) is 47.4. The van der Waals surface area contributed by atoms with Gasteiger partial charge in [0.2, 0.25) is 0 Å². The molecule has 0 saturated carbocycles. The van der Waals surface area contributed by atoms with Crippen molar-refractivity contribution in [1.82, 2.24) is 4.90 Å². The summed E-state index contributed by atoms with van der Waals surface area (Å²) in [6, 6.07) is 0. The Kier molecular flexibility index (Phi) is 51.9. The number of hydrogen-bond acceptors (Lipinski definition) is 6.